The van der Waals surface area contributed by atoms with Crippen molar-refractivity contribution in [1.82, 2.24) is 9.80 Å². The van der Waals surface area contributed by atoms with Crippen LogP contribution < -0.4 is 9.47 Å². The molecule has 0 unspecified atom stereocenters. The number of benzene rings is 2. The maximum absolute atomic E-state index is 12.8. The fourth-order valence-corrected chi connectivity index (χ4v) is 4.41. The van der Waals surface area contributed by atoms with Crippen molar-refractivity contribution in [2.45, 2.75) is 23.6 Å². The highest BCUT2D eigenvalue weighted by atomic mass is 32.2. The van der Waals surface area contributed by atoms with Gasteiger partial charge in [0, 0.05) is 37.6 Å². The molecular weight excluding hydrogens is 360 g/mol. The summed E-state index contributed by atoms with van der Waals surface area (Å²) in [5.41, 5.74) is 1.21. The first-order valence-electron chi connectivity index (χ1n) is 9.30. The number of hydrogen-bond donors (Lipinski definition) is 0. The third-order valence-corrected chi connectivity index (χ3v) is 6.03. The van der Waals surface area contributed by atoms with Crippen molar-refractivity contribution >= 4 is 17.7 Å². The Morgan fingerprint density at radius 2 is 1.78 bits per heavy atom. The molecule has 0 radical (unpaired) electrons. The molecule has 27 heavy (non-hydrogen) atoms. The van der Waals surface area contributed by atoms with Crippen molar-refractivity contribution < 1.29 is 14.3 Å². The number of thioether (sulfide) groups is 1. The topological polar surface area (TPSA) is 42.0 Å². The Labute approximate surface area is 164 Å². The Morgan fingerprint density at radius 1 is 1.04 bits per heavy atom. The van der Waals surface area contributed by atoms with Crippen LogP contribution >= 0.6 is 11.8 Å². The van der Waals surface area contributed by atoms with Crippen LogP contribution in [0.3, 0.4) is 0 Å². The fraction of sp³-hybridized carbons (Fsp3) is 0.381. The van der Waals surface area contributed by atoms with Crippen LogP contribution in [0.2, 0.25) is 0 Å². The number of carbonyl (C=O) groups is 1. The summed E-state index contributed by atoms with van der Waals surface area (Å²) in [7, 11) is 0. The van der Waals surface area contributed by atoms with Gasteiger partial charge in [-0.25, -0.2) is 0 Å². The van der Waals surface area contributed by atoms with Gasteiger partial charge in [0.15, 0.2) is 11.5 Å². The first kappa shape index (κ1) is 18.2. The van der Waals surface area contributed by atoms with E-state index in [0.29, 0.717) is 6.79 Å². The van der Waals surface area contributed by atoms with Crippen LogP contribution in [0.15, 0.2) is 53.4 Å². The second-order valence-electron chi connectivity index (χ2n) is 6.86. The van der Waals surface area contributed by atoms with E-state index < -0.39 is 0 Å². The van der Waals surface area contributed by atoms with Crippen LogP contribution in [0.1, 0.15) is 12.5 Å². The molecular formula is C21H24N2O3S. The predicted octanol–water partition coefficient (Wildman–Crippen LogP) is 3.24. The molecule has 1 amide bonds. The van der Waals surface area contributed by atoms with Gasteiger partial charge in [0.25, 0.3) is 0 Å². The smallest absolute Gasteiger partial charge is 0.235 e. The molecule has 1 fully saturated rings. The fourth-order valence-electron chi connectivity index (χ4n) is 3.43. The number of fused-ring (bicyclic) bond motifs is 1. The average Bonchev–Trinajstić information content (AvgIpc) is 3.16. The molecule has 1 atom stereocenters. The Hall–Kier alpha value is -2.18. The SMILES string of the molecule is C[C@H](Sc1ccccc1)C(=O)N1CCN(Cc2ccc3c(c2)OCO3)CC1. The van der Waals surface area contributed by atoms with Gasteiger partial charge in [0.05, 0.1) is 5.25 Å². The van der Waals surface area contributed by atoms with Crippen molar-refractivity contribution in [1.29, 1.82) is 0 Å². The van der Waals surface area contributed by atoms with E-state index in [1.54, 1.807) is 11.8 Å². The first-order valence-corrected chi connectivity index (χ1v) is 10.2. The van der Waals surface area contributed by atoms with Gasteiger partial charge < -0.3 is 14.4 Å². The van der Waals surface area contributed by atoms with Gasteiger partial charge in [-0.2, -0.15) is 0 Å². The van der Waals surface area contributed by atoms with Crippen LogP contribution in [0.25, 0.3) is 0 Å². The minimum atomic E-state index is -0.0622. The molecule has 0 aliphatic carbocycles. The standard InChI is InChI=1S/C21H24N2O3S/c1-16(27-18-5-3-2-4-6-18)21(24)23-11-9-22(10-12-23)14-17-7-8-19-20(13-17)26-15-25-19/h2-8,13,16H,9-12,14-15H2,1H3/t16-/m0/s1. The third-order valence-electron chi connectivity index (χ3n) is 4.93. The molecule has 4 rings (SSSR count). The molecule has 0 N–H and O–H groups in total. The lowest BCUT2D eigenvalue weighted by atomic mass is 10.1. The van der Waals surface area contributed by atoms with Crippen LogP contribution in [0.4, 0.5) is 0 Å². The summed E-state index contributed by atoms with van der Waals surface area (Å²) in [5, 5.41) is -0.0622. The molecule has 0 bridgehead atoms. The molecule has 1 saturated heterocycles. The second-order valence-corrected chi connectivity index (χ2v) is 8.28. The van der Waals surface area contributed by atoms with Gasteiger partial charge >= 0.3 is 0 Å². The number of hydrogen-bond acceptors (Lipinski definition) is 5. The highest BCUT2D eigenvalue weighted by molar-refractivity contribution is 8.00. The number of rotatable bonds is 5. The van der Waals surface area contributed by atoms with Crippen molar-refractivity contribution in [3.63, 3.8) is 0 Å². The van der Waals surface area contributed by atoms with E-state index >= 15 is 0 Å². The summed E-state index contributed by atoms with van der Waals surface area (Å²) in [6.07, 6.45) is 0. The maximum Gasteiger partial charge on any atom is 0.235 e. The molecule has 0 aromatic heterocycles. The lowest BCUT2D eigenvalue weighted by molar-refractivity contribution is -0.132. The lowest BCUT2D eigenvalue weighted by Gasteiger charge is -2.36. The van der Waals surface area contributed by atoms with E-state index in [1.165, 1.54) is 5.56 Å². The zero-order valence-electron chi connectivity index (χ0n) is 15.5. The largest absolute Gasteiger partial charge is 0.454 e. The van der Waals surface area contributed by atoms with E-state index in [0.717, 1.165) is 49.1 Å². The molecule has 2 heterocycles. The summed E-state index contributed by atoms with van der Waals surface area (Å²) >= 11 is 1.63. The van der Waals surface area contributed by atoms with Crippen LogP contribution in [0, 0.1) is 0 Å². The van der Waals surface area contributed by atoms with Crippen molar-refractivity contribution in [3.8, 4) is 11.5 Å². The first-order chi connectivity index (χ1) is 13.2. The molecule has 2 aliphatic heterocycles. The molecule has 0 saturated carbocycles. The quantitative estimate of drug-likeness (QED) is 0.741. The van der Waals surface area contributed by atoms with Crippen molar-refractivity contribution in [2.24, 2.45) is 0 Å². The minimum Gasteiger partial charge on any atom is -0.454 e. The molecule has 6 heteroatoms. The Morgan fingerprint density at radius 3 is 2.56 bits per heavy atom. The Kier molecular flexibility index (Phi) is 5.55. The molecule has 0 spiro atoms. The molecule has 2 aromatic rings. The van der Waals surface area contributed by atoms with Gasteiger partial charge in [-0.05, 0) is 36.8 Å². The number of amides is 1. The van der Waals surface area contributed by atoms with Gasteiger partial charge in [-0.3, -0.25) is 9.69 Å². The zero-order chi connectivity index (χ0) is 18.6. The van der Waals surface area contributed by atoms with E-state index in [4.69, 9.17) is 9.47 Å². The normalized spacial score (nSPS) is 17.7. The average molecular weight is 385 g/mol. The van der Waals surface area contributed by atoms with Gasteiger partial charge in [-0.1, -0.05) is 24.3 Å². The lowest BCUT2D eigenvalue weighted by Crippen LogP contribution is -2.50. The number of carbonyl (C=O) groups excluding carboxylic acids is 1. The predicted molar refractivity (Wildman–Crippen MR) is 106 cm³/mol. The Balaban J connectivity index is 1.27. The number of piperazine rings is 1. The molecule has 142 valence electrons. The number of ether oxygens (including phenoxy) is 2. The zero-order valence-corrected chi connectivity index (χ0v) is 16.3. The summed E-state index contributed by atoms with van der Waals surface area (Å²) in [5.74, 6) is 1.87. The van der Waals surface area contributed by atoms with Gasteiger partial charge in [0.1, 0.15) is 0 Å². The number of nitrogens with zero attached hydrogens (tertiary/aromatic N) is 2. The van der Waals surface area contributed by atoms with E-state index in [1.807, 2.05) is 36.1 Å². The van der Waals surface area contributed by atoms with Gasteiger partial charge in [0.2, 0.25) is 12.7 Å². The summed E-state index contributed by atoms with van der Waals surface area (Å²) in [6.45, 7) is 6.52. The highest BCUT2D eigenvalue weighted by Gasteiger charge is 2.25. The minimum absolute atomic E-state index is 0.0622. The van der Waals surface area contributed by atoms with Crippen LogP contribution in [-0.4, -0.2) is 53.9 Å². The van der Waals surface area contributed by atoms with Crippen LogP contribution in [0.5, 0.6) is 11.5 Å². The molecule has 5 nitrogen and oxygen atoms in total. The monoisotopic (exact) mass is 384 g/mol. The van der Waals surface area contributed by atoms with Crippen molar-refractivity contribution in [3.05, 3.63) is 54.1 Å². The van der Waals surface area contributed by atoms with Gasteiger partial charge in [-0.15, -0.1) is 11.8 Å². The van der Waals surface area contributed by atoms with E-state index in [-0.39, 0.29) is 11.2 Å². The summed E-state index contributed by atoms with van der Waals surface area (Å²) in [6, 6.07) is 16.2. The van der Waals surface area contributed by atoms with Crippen LogP contribution in [-0.2, 0) is 11.3 Å². The maximum atomic E-state index is 12.8. The second kappa shape index (κ2) is 8.23. The third kappa shape index (κ3) is 4.39. The molecule has 2 aromatic carbocycles. The summed E-state index contributed by atoms with van der Waals surface area (Å²) in [4.78, 5) is 18.3. The summed E-state index contributed by atoms with van der Waals surface area (Å²) < 4.78 is 10.8. The van der Waals surface area contributed by atoms with E-state index in [2.05, 4.69) is 29.2 Å². The van der Waals surface area contributed by atoms with E-state index in [9.17, 15) is 4.79 Å². The van der Waals surface area contributed by atoms with Crippen molar-refractivity contribution in [2.75, 3.05) is 33.0 Å². The molecule has 2 aliphatic rings. The highest BCUT2D eigenvalue weighted by Crippen LogP contribution is 2.33. The Bertz CT molecular complexity index is 791.